The third-order valence-electron chi connectivity index (χ3n) is 5.88. The number of benzene rings is 1. The molecule has 4 rings (SSSR count). The molecule has 2 heterocycles. The Balaban J connectivity index is 1.57. The standard InChI is InChI=1S/C20H26N6O3/c1-29-16-9-5-3-7-13(16)22-20-24-17(23-19(21)25-20)11-26-14-8-4-2-6-12(14)10-15(26)18(27)28/h3,5,7,9,12,14-15H,2,4,6,8,10-11H2,1H3,(H,27,28)(H3,21,22,23,24,25). The highest BCUT2D eigenvalue weighted by atomic mass is 16.5. The average Bonchev–Trinajstić information content (AvgIpc) is 3.07. The Morgan fingerprint density at radius 2 is 2.07 bits per heavy atom. The van der Waals surface area contributed by atoms with E-state index in [4.69, 9.17) is 10.5 Å². The van der Waals surface area contributed by atoms with Crippen molar-refractivity contribution < 1.29 is 14.6 Å². The summed E-state index contributed by atoms with van der Waals surface area (Å²) in [5, 5.41) is 12.8. The van der Waals surface area contributed by atoms with Gasteiger partial charge in [-0.2, -0.15) is 15.0 Å². The first-order valence-corrected chi connectivity index (χ1v) is 9.94. The number of aliphatic carboxylic acids is 1. The Kier molecular flexibility index (Phi) is 5.48. The summed E-state index contributed by atoms with van der Waals surface area (Å²) >= 11 is 0. The fourth-order valence-corrected chi connectivity index (χ4v) is 4.62. The van der Waals surface area contributed by atoms with Gasteiger partial charge in [0.2, 0.25) is 11.9 Å². The summed E-state index contributed by atoms with van der Waals surface area (Å²) in [6, 6.07) is 7.18. The number of nitrogen functional groups attached to an aromatic ring is 1. The molecule has 1 aromatic heterocycles. The summed E-state index contributed by atoms with van der Waals surface area (Å²) < 4.78 is 5.35. The van der Waals surface area contributed by atoms with Gasteiger partial charge >= 0.3 is 5.97 Å². The number of para-hydroxylation sites is 2. The molecule has 2 aliphatic rings. The van der Waals surface area contributed by atoms with E-state index < -0.39 is 12.0 Å². The van der Waals surface area contributed by atoms with Gasteiger partial charge < -0.3 is 20.9 Å². The first-order chi connectivity index (χ1) is 14.0. The van der Waals surface area contributed by atoms with Crippen LogP contribution in [0.4, 0.5) is 17.6 Å². The molecule has 3 unspecified atom stereocenters. The normalized spacial score (nSPS) is 24.1. The Morgan fingerprint density at radius 1 is 1.28 bits per heavy atom. The van der Waals surface area contributed by atoms with Crippen molar-refractivity contribution in [2.75, 3.05) is 18.2 Å². The molecule has 2 fully saturated rings. The summed E-state index contributed by atoms with van der Waals surface area (Å²) in [5.74, 6) is 1.17. The number of likely N-dealkylation sites (tertiary alicyclic amines) is 1. The highest BCUT2D eigenvalue weighted by molar-refractivity contribution is 5.74. The van der Waals surface area contributed by atoms with E-state index in [9.17, 15) is 9.90 Å². The number of carboxylic acid groups (broad SMARTS) is 1. The van der Waals surface area contributed by atoms with Crippen LogP contribution in [0.3, 0.4) is 0 Å². The quantitative estimate of drug-likeness (QED) is 0.672. The maximum atomic E-state index is 11.8. The largest absolute Gasteiger partial charge is 0.495 e. The van der Waals surface area contributed by atoms with Crippen LogP contribution in [0.2, 0.25) is 0 Å². The van der Waals surface area contributed by atoms with Crippen molar-refractivity contribution in [2.45, 2.75) is 50.7 Å². The minimum Gasteiger partial charge on any atom is -0.495 e. The number of hydrogen-bond donors (Lipinski definition) is 3. The molecule has 1 aliphatic carbocycles. The van der Waals surface area contributed by atoms with E-state index in [1.54, 1.807) is 7.11 Å². The molecule has 1 aliphatic heterocycles. The summed E-state index contributed by atoms with van der Waals surface area (Å²) in [6.07, 6.45) is 5.09. The van der Waals surface area contributed by atoms with Crippen molar-refractivity contribution in [3.05, 3.63) is 30.1 Å². The lowest BCUT2D eigenvalue weighted by Gasteiger charge is -2.32. The van der Waals surface area contributed by atoms with Crippen molar-refractivity contribution in [1.82, 2.24) is 19.9 Å². The lowest BCUT2D eigenvalue weighted by atomic mass is 9.85. The number of anilines is 3. The van der Waals surface area contributed by atoms with Crippen LogP contribution in [0.15, 0.2) is 24.3 Å². The van der Waals surface area contributed by atoms with Crippen molar-refractivity contribution in [3.8, 4) is 5.75 Å². The van der Waals surface area contributed by atoms with Gasteiger partial charge in [0.05, 0.1) is 19.3 Å². The maximum absolute atomic E-state index is 11.8. The number of hydrogen-bond acceptors (Lipinski definition) is 8. The molecular weight excluding hydrogens is 372 g/mol. The number of methoxy groups -OCH3 is 1. The molecule has 9 nitrogen and oxygen atoms in total. The first-order valence-electron chi connectivity index (χ1n) is 9.94. The third kappa shape index (κ3) is 4.09. The highest BCUT2D eigenvalue weighted by Gasteiger charge is 2.45. The number of rotatable bonds is 6. The van der Waals surface area contributed by atoms with Gasteiger partial charge in [0.1, 0.15) is 17.6 Å². The Hall–Kier alpha value is -2.94. The first kappa shape index (κ1) is 19.4. The molecule has 1 saturated carbocycles. The monoisotopic (exact) mass is 398 g/mol. The van der Waals surface area contributed by atoms with Gasteiger partial charge in [0.25, 0.3) is 0 Å². The lowest BCUT2D eigenvalue weighted by molar-refractivity contribution is -0.142. The fourth-order valence-electron chi connectivity index (χ4n) is 4.62. The zero-order valence-corrected chi connectivity index (χ0v) is 16.4. The number of aromatic nitrogens is 3. The molecule has 1 saturated heterocycles. The van der Waals surface area contributed by atoms with E-state index >= 15 is 0 Å². The molecule has 1 aromatic carbocycles. The van der Waals surface area contributed by atoms with Crippen LogP contribution in [0.25, 0.3) is 0 Å². The lowest BCUT2D eigenvalue weighted by Crippen LogP contribution is -2.42. The van der Waals surface area contributed by atoms with Crippen molar-refractivity contribution >= 4 is 23.6 Å². The van der Waals surface area contributed by atoms with Gasteiger partial charge in [-0.05, 0) is 37.3 Å². The zero-order valence-electron chi connectivity index (χ0n) is 16.4. The molecule has 29 heavy (non-hydrogen) atoms. The van der Waals surface area contributed by atoms with Gasteiger partial charge in [-0.1, -0.05) is 25.0 Å². The van der Waals surface area contributed by atoms with Gasteiger partial charge in [0, 0.05) is 6.04 Å². The van der Waals surface area contributed by atoms with Crippen molar-refractivity contribution in [3.63, 3.8) is 0 Å². The second kappa shape index (κ2) is 8.20. The molecule has 2 aromatic rings. The summed E-state index contributed by atoms with van der Waals surface area (Å²) in [6.45, 7) is 0.339. The summed E-state index contributed by atoms with van der Waals surface area (Å²) in [7, 11) is 1.59. The Bertz CT molecular complexity index is 892. The fraction of sp³-hybridized carbons (Fsp3) is 0.500. The Labute approximate surface area is 169 Å². The second-order valence-electron chi connectivity index (χ2n) is 7.63. The highest BCUT2D eigenvalue weighted by Crippen LogP contribution is 2.40. The third-order valence-corrected chi connectivity index (χ3v) is 5.88. The number of carboxylic acids is 1. The molecule has 4 N–H and O–H groups in total. The van der Waals surface area contributed by atoms with E-state index in [0.717, 1.165) is 19.3 Å². The van der Waals surface area contributed by atoms with Gasteiger partial charge in [0.15, 0.2) is 0 Å². The van der Waals surface area contributed by atoms with Crippen LogP contribution in [-0.2, 0) is 11.3 Å². The van der Waals surface area contributed by atoms with E-state index in [-0.39, 0.29) is 12.0 Å². The van der Waals surface area contributed by atoms with Gasteiger partial charge in [-0.15, -0.1) is 0 Å². The predicted octanol–water partition coefficient (Wildman–Crippen LogP) is 2.42. The molecule has 0 bridgehead atoms. The molecule has 9 heteroatoms. The summed E-state index contributed by atoms with van der Waals surface area (Å²) in [4.78, 5) is 26.8. The minimum absolute atomic E-state index is 0.0960. The number of ether oxygens (including phenoxy) is 1. The number of nitrogens with one attached hydrogen (secondary N) is 1. The van der Waals surface area contributed by atoms with Crippen LogP contribution in [0.1, 0.15) is 37.9 Å². The molecule has 0 amide bonds. The molecule has 3 atom stereocenters. The van der Waals surface area contributed by atoms with E-state index in [1.165, 1.54) is 6.42 Å². The van der Waals surface area contributed by atoms with Crippen molar-refractivity contribution in [2.24, 2.45) is 5.92 Å². The van der Waals surface area contributed by atoms with Gasteiger partial charge in [-0.3, -0.25) is 9.69 Å². The SMILES string of the molecule is COc1ccccc1Nc1nc(N)nc(CN2C(C(=O)O)CC3CCCCC32)n1. The van der Waals surface area contributed by atoms with Crippen molar-refractivity contribution in [1.29, 1.82) is 0 Å². The van der Waals surface area contributed by atoms with E-state index in [1.807, 2.05) is 29.2 Å². The van der Waals surface area contributed by atoms with Crippen LogP contribution in [0, 0.1) is 5.92 Å². The van der Waals surface area contributed by atoms with Crippen LogP contribution in [-0.4, -0.2) is 50.1 Å². The zero-order chi connectivity index (χ0) is 20.4. The minimum atomic E-state index is -0.784. The summed E-state index contributed by atoms with van der Waals surface area (Å²) in [5.41, 5.74) is 6.63. The number of carbonyl (C=O) groups is 1. The van der Waals surface area contributed by atoms with Crippen LogP contribution in [0.5, 0.6) is 5.75 Å². The van der Waals surface area contributed by atoms with Gasteiger partial charge in [-0.25, -0.2) is 0 Å². The number of fused-ring (bicyclic) bond motifs is 1. The maximum Gasteiger partial charge on any atom is 0.320 e. The Morgan fingerprint density at radius 3 is 2.86 bits per heavy atom. The smallest absolute Gasteiger partial charge is 0.320 e. The molecular formula is C20H26N6O3. The predicted molar refractivity (Wildman–Crippen MR) is 108 cm³/mol. The second-order valence-corrected chi connectivity index (χ2v) is 7.63. The average molecular weight is 398 g/mol. The number of nitrogens with zero attached hydrogens (tertiary/aromatic N) is 4. The van der Waals surface area contributed by atoms with Crippen LogP contribution >= 0.6 is 0 Å². The molecule has 0 spiro atoms. The molecule has 0 radical (unpaired) electrons. The topological polar surface area (TPSA) is 126 Å². The van der Waals surface area contributed by atoms with Crippen LogP contribution < -0.4 is 15.8 Å². The number of nitrogens with two attached hydrogens (primary N) is 1. The van der Waals surface area contributed by atoms with E-state index in [0.29, 0.717) is 42.1 Å². The van der Waals surface area contributed by atoms with E-state index in [2.05, 4.69) is 20.3 Å². The molecule has 154 valence electrons.